The van der Waals surface area contributed by atoms with Crippen molar-refractivity contribution in [2.75, 3.05) is 17.7 Å². The maximum Gasteiger partial charge on any atom is 0.272 e. The summed E-state index contributed by atoms with van der Waals surface area (Å²) in [5.74, 6) is -0.125. The molecule has 0 aliphatic carbocycles. The number of hydrogen-bond donors (Lipinski definition) is 1. The molecule has 0 aliphatic rings. The largest absolute Gasteiger partial charge is 0.301 e. The highest BCUT2D eigenvalue weighted by molar-refractivity contribution is 7.91. The predicted octanol–water partition coefficient (Wildman–Crippen LogP) is 1.91. The quantitative estimate of drug-likeness (QED) is 0.568. The van der Waals surface area contributed by atoms with Crippen molar-refractivity contribution in [3.8, 4) is 0 Å². The van der Waals surface area contributed by atoms with Crippen molar-refractivity contribution in [3.05, 3.63) is 0 Å². The van der Waals surface area contributed by atoms with Crippen LogP contribution < -0.4 is 5.32 Å². The fraction of sp³-hybridized carbons (Fsp3) is 0.727. The molecule has 0 saturated heterocycles. The predicted molar refractivity (Wildman–Crippen MR) is 83.2 cm³/mol. The molecular weight excluding hydrogens is 336 g/mol. The van der Waals surface area contributed by atoms with E-state index in [9.17, 15) is 13.2 Å². The minimum absolute atomic E-state index is 0.136. The second-order valence-corrected chi connectivity index (χ2v) is 7.75. The van der Waals surface area contributed by atoms with Crippen molar-refractivity contribution in [1.82, 2.24) is 14.5 Å². The van der Waals surface area contributed by atoms with Crippen molar-refractivity contribution in [2.45, 2.75) is 44.0 Å². The Bertz CT molecular complexity index is 572. The highest BCUT2D eigenvalue weighted by atomic mass is 35.5. The van der Waals surface area contributed by atoms with Gasteiger partial charge in [-0.3, -0.25) is 4.79 Å². The lowest BCUT2D eigenvalue weighted by Crippen LogP contribution is -2.40. The lowest BCUT2D eigenvalue weighted by molar-refractivity contribution is -0.114. The Labute approximate surface area is 133 Å². The molecule has 10 heteroatoms. The van der Waals surface area contributed by atoms with Crippen LogP contribution in [0, 0.1) is 0 Å². The molecule has 1 aromatic heterocycles. The molecule has 0 unspecified atom stereocenters. The third-order valence-electron chi connectivity index (χ3n) is 2.87. The third kappa shape index (κ3) is 4.60. The van der Waals surface area contributed by atoms with E-state index < -0.39 is 10.0 Å². The molecule has 1 rings (SSSR count). The van der Waals surface area contributed by atoms with Gasteiger partial charge in [0.25, 0.3) is 10.0 Å². The molecular formula is C11H19ClN4O3S2. The first kappa shape index (κ1) is 18.3. The van der Waals surface area contributed by atoms with Crippen LogP contribution in [0.25, 0.3) is 0 Å². The molecule has 0 saturated carbocycles. The van der Waals surface area contributed by atoms with Gasteiger partial charge in [-0.1, -0.05) is 25.2 Å². The van der Waals surface area contributed by atoms with Gasteiger partial charge < -0.3 is 5.32 Å². The third-order valence-corrected chi connectivity index (χ3v) is 6.18. The summed E-state index contributed by atoms with van der Waals surface area (Å²) in [7, 11) is -3.76. The van der Waals surface area contributed by atoms with Gasteiger partial charge in [0.2, 0.25) is 15.4 Å². The Morgan fingerprint density at radius 2 is 2.00 bits per heavy atom. The second-order valence-electron chi connectivity index (χ2n) is 4.33. The molecule has 0 aliphatic heterocycles. The number of nitrogens with one attached hydrogen (secondary N) is 1. The molecule has 0 spiro atoms. The summed E-state index contributed by atoms with van der Waals surface area (Å²) >= 11 is 6.56. The van der Waals surface area contributed by atoms with Crippen LogP contribution >= 0.6 is 22.9 Å². The van der Waals surface area contributed by atoms with E-state index in [-0.39, 0.29) is 33.8 Å². The highest BCUT2D eigenvalue weighted by Gasteiger charge is 2.32. The zero-order chi connectivity index (χ0) is 16.0. The Balaban J connectivity index is 3.10. The maximum atomic E-state index is 12.6. The number of amides is 1. The Hall–Kier alpha value is -0.770. The molecule has 0 bridgehead atoms. The van der Waals surface area contributed by atoms with Gasteiger partial charge >= 0.3 is 0 Å². The Morgan fingerprint density at radius 1 is 1.38 bits per heavy atom. The molecule has 21 heavy (non-hydrogen) atoms. The van der Waals surface area contributed by atoms with E-state index in [1.807, 2.05) is 13.8 Å². The van der Waals surface area contributed by atoms with E-state index in [1.54, 1.807) is 0 Å². The standard InChI is InChI=1S/C11H19ClN4O3S2/c1-4-9(5-2)16(7-6-12)21(18,19)11-15-14-10(20-11)13-8(3)17/h9H,4-7H2,1-3H3,(H,13,14,17). The monoisotopic (exact) mass is 354 g/mol. The molecule has 0 radical (unpaired) electrons. The number of nitrogens with zero attached hydrogens (tertiary/aromatic N) is 3. The average molecular weight is 355 g/mol. The lowest BCUT2D eigenvalue weighted by atomic mass is 10.2. The van der Waals surface area contributed by atoms with E-state index in [2.05, 4.69) is 15.5 Å². The van der Waals surface area contributed by atoms with E-state index in [1.165, 1.54) is 11.2 Å². The fourth-order valence-corrected chi connectivity index (χ4v) is 5.01. The van der Waals surface area contributed by atoms with Crippen LogP contribution in [0.3, 0.4) is 0 Å². The van der Waals surface area contributed by atoms with Gasteiger partial charge in [0.1, 0.15) is 0 Å². The van der Waals surface area contributed by atoms with E-state index in [0.717, 1.165) is 11.3 Å². The van der Waals surface area contributed by atoms with Crippen LogP contribution in [0.4, 0.5) is 5.13 Å². The van der Waals surface area contributed by atoms with Crippen molar-refractivity contribution in [3.63, 3.8) is 0 Å². The Morgan fingerprint density at radius 3 is 2.48 bits per heavy atom. The molecule has 120 valence electrons. The zero-order valence-corrected chi connectivity index (χ0v) is 14.6. The zero-order valence-electron chi connectivity index (χ0n) is 12.2. The van der Waals surface area contributed by atoms with E-state index in [4.69, 9.17) is 11.6 Å². The van der Waals surface area contributed by atoms with Gasteiger partial charge in [0.15, 0.2) is 0 Å². The SMILES string of the molecule is CCC(CC)N(CCCl)S(=O)(=O)c1nnc(NC(C)=O)s1. The summed E-state index contributed by atoms with van der Waals surface area (Å²) < 4.78 is 26.5. The summed E-state index contributed by atoms with van der Waals surface area (Å²) in [6, 6.07) is -0.137. The number of aromatic nitrogens is 2. The van der Waals surface area contributed by atoms with Crippen molar-refractivity contribution in [2.24, 2.45) is 0 Å². The Kier molecular flexibility index (Phi) is 6.98. The topological polar surface area (TPSA) is 92.3 Å². The molecule has 7 nitrogen and oxygen atoms in total. The number of halogens is 1. The first-order chi connectivity index (χ1) is 9.86. The summed E-state index contributed by atoms with van der Waals surface area (Å²) in [6.07, 6.45) is 1.37. The van der Waals surface area contributed by atoms with Crippen molar-refractivity contribution < 1.29 is 13.2 Å². The van der Waals surface area contributed by atoms with Crippen LogP contribution in [0.2, 0.25) is 0 Å². The van der Waals surface area contributed by atoms with Gasteiger partial charge in [-0.05, 0) is 12.8 Å². The minimum Gasteiger partial charge on any atom is -0.301 e. The van der Waals surface area contributed by atoms with E-state index >= 15 is 0 Å². The first-order valence-corrected chi connectivity index (χ1v) is 9.34. The number of hydrogen-bond acceptors (Lipinski definition) is 6. The summed E-state index contributed by atoms with van der Waals surface area (Å²) in [6.45, 7) is 5.38. The van der Waals surface area contributed by atoms with Crippen LogP contribution in [0.15, 0.2) is 4.34 Å². The fourth-order valence-electron chi connectivity index (χ4n) is 1.89. The summed E-state index contributed by atoms with van der Waals surface area (Å²) in [4.78, 5) is 11.0. The smallest absolute Gasteiger partial charge is 0.272 e. The molecule has 1 amide bonds. The van der Waals surface area contributed by atoms with Crippen LogP contribution in [-0.2, 0) is 14.8 Å². The van der Waals surface area contributed by atoms with Gasteiger partial charge in [0, 0.05) is 25.4 Å². The first-order valence-electron chi connectivity index (χ1n) is 6.55. The number of anilines is 1. The molecule has 1 heterocycles. The summed E-state index contributed by atoms with van der Waals surface area (Å²) in [5.41, 5.74) is 0. The number of carbonyl (C=O) groups excluding carboxylic acids is 1. The van der Waals surface area contributed by atoms with Gasteiger partial charge in [-0.15, -0.1) is 21.8 Å². The number of sulfonamides is 1. The van der Waals surface area contributed by atoms with E-state index in [0.29, 0.717) is 12.8 Å². The highest BCUT2D eigenvalue weighted by Crippen LogP contribution is 2.26. The molecule has 0 atom stereocenters. The molecule has 1 N–H and O–H groups in total. The number of alkyl halides is 1. The normalized spacial score (nSPS) is 12.1. The van der Waals surface area contributed by atoms with Crippen LogP contribution in [0.1, 0.15) is 33.6 Å². The number of carbonyl (C=O) groups is 1. The molecule has 0 aromatic carbocycles. The summed E-state index contributed by atoms with van der Waals surface area (Å²) in [5, 5.41) is 9.94. The van der Waals surface area contributed by atoms with Crippen LogP contribution in [0.5, 0.6) is 0 Å². The van der Waals surface area contributed by atoms with Crippen molar-refractivity contribution in [1.29, 1.82) is 0 Å². The minimum atomic E-state index is -3.76. The average Bonchev–Trinajstić information content (AvgIpc) is 2.87. The van der Waals surface area contributed by atoms with Gasteiger partial charge in [0.05, 0.1) is 0 Å². The molecule has 0 fully saturated rings. The van der Waals surface area contributed by atoms with Crippen molar-refractivity contribution >= 4 is 44.0 Å². The maximum absolute atomic E-state index is 12.6. The lowest BCUT2D eigenvalue weighted by Gasteiger charge is -2.27. The van der Waals surface area contributed by atoms with Gasteiger partial charge in [-0.2, -0.15) is 4.31 Å². The second kappa shape index (κ2) is 8.02. The molecule has 1 aromatic rings. The number of rotatable bonds is 8. The van der Waals surface area contributed by atoms with Crippen LogP contribution in [-0.4, -0.2) is 47.3 Å². The van der Waals surface area contributed by atoms with Gasteiger partial charge in [-0.25, -0.2) is 8.42 Å².